The average molecular weight is 485 g/mol. The summed E-state index contributed by atoms with van der Waals surface area (Å²) in [5, 5.41) is 0. The molecule has 0 aliphatic carbocycles. The van der Waals surface area contributed by atoms with Crippen LogP contribution in [0.2, 0.25) is 0 Å². The second-order valence-electron chi connectivity index (χ2n) is 10.8. The van der Waals surface area contributed by atoms with E-state index in [0.29, 0.717) is 23.7 Å². The van der Waals surface area contributed by atoms with Crippen molar-refractivity contribution in [3.8, 4) is 0 Å². The molecule has 4 nitrogen and oxygen atoms in total. The fraction of sp³-hybridized carbons (Fsp3) is 0.500. The number of H-pyrrole nitrogens is 4. The third kappa shape index (κ3) is 4.75. The van der Waals surface area contributed by atoms with Crippen molar-refractivity contribution in [2.75, 3.05) is 0 Å². The molecular formula is C32H44N4. The molecule has 1 aliphatic rings. The highest BCUT2D eigenvalue weighted by Crippen LogP contribution is 2.38. The number of aromatic amines is 4. The van der Waals surface area contributed by atoms with Gasteiger partial charge in [0.1, 0.15) is 0 Å². The fourth-order valence-electron chi connectivity index (χ4n) is 6.41. The SMILES string of the molecule is CCCC1c2ccc([nH]2)C(CCC)c2ccc([nH]2)C(CCC)c2ccc([nH]2)C(CCC)c2ccc1[nH]2. The average Bonchev–Trinajstić information content (AvgIpc) is 3.69. The van der Waals surface area contributed by atoms with Crippen molar-refractivity contribution in [1.29, 1.82) is 0 Å². The monoisotopic (exact) mass is 484 g/mol. The van der Waals surface area contributed by atoms with Crippen LogP contribution in [0.4, 0.5) is 0 Å². The lowest BCUT2D eigenvalue weighted by atomic mass is 9.96. The lowest BCUT2D eigenvalue weighted by Crippen LogP contribution is -2.08. The summed E-state index contributed by atoms with van der Waals surface area (Å²) in [6, 6.07) is 18.7. The number of hydrogen-bond donors (Lipinski definition) is 4. The molecule has 0 radical (unpaired) electrons. The Morgan fingerprint density at radius 2 is 0.528 bits per heavy atom. The molecule has 5 rings (SSSR count). The van der Waals surface area contributed by atoms with Gasteiger partial charge in [0, 0.05) is 69.2 Å². The first-order valence-corrected chi connectivity index (χ1v) is 14.4. The minimum absolute atomic E-state index is 0.363. The molecule has 192 valence electrons. The zero-order chi connectivity index (χ0) is 25.1. The van der Waals surface area contributed by atoms with E-state index in [0.717, 1.165) is 51.4 Å². The summed E-state index contributed by atoms with van der Waals surface area (Å²) in [5.74, 6) is 1.45. The Balaban J connectivity index is 1.67. The zero-order valence-electron chi connectivity index (χ0n) is 22.6. The van der Waals surface area contributed by atoms with Gasteiger partial charge in [-0.15, -0.1) is 0 Å². The van der Waals surface area contributed by atoms with E-state index >= 15 is 0 Å². The van der Waals surface area contributed by atoms with Crippen molar-refractivity contribution < 1.29 is 0 Å². The van der Waals surface area contributed by atoms with E-state index in [-0.39, 0.29) is 0 Å². The highest BCUT2D eigenvalue weighted by atomic mass is 14.8. The number of fused-ring (bicyclic) bond motifs is 8. The summed E-state index contributed by atoms with van der Waals surface area (Å²) in [6.07, 6.45) is 9.16. The maximum Gasteiger partial charge on any atom is 0.0391 e. The van der Waals surface area contributed by atoms with E-state index in [1.165, 1.54) is 45.6 Å². The van der Waals surface area contributed by atoms with Crippen molar-refractivity contribution in [3.05, 3.63) is 94.1 Å². The first kappa shape index (κ1) is 24.8. The topological polar surface area (TPSA) is 63.2 Å². The number of hydrogen-bond acceptors (Lipinski definition) is 0. The van der Waals surface area contributed by atoms with Crippen LogP contribution in [0, 0.1) is 0 Å². The molecule has 0 saturated carbocycles. The molecule has 0 spiro atoms. The molecule has 4 aromatic heterocycles. The number of nitrogens with one attached hydrogen (secondary N) is 4. The van der Waals surface area contributed by atoms with Gasteiger partial charge in [0.05, 0.1) is 0 Å². The summed E-state index contributed by atoms with van der Waals surface area (Å²) >= 11 is 0. The quantitative estimate of drug-likeness (QED) is 0.193. The fourth-order valence-corrected chi connectivity index (χ4v) is 6.41. The standard InChI is InChI=1S/C32H44N4/c1-5-9-21-25-13-15-27(33-25)22(10-6-2)29-17-19-31(35-29)24(12-8-4)32-20-18-30(36-32)23(11-7-3)28-16-14-26(21)34-28/h13-24,33-36H,5-12H2,1-4H3. The molecule has 4 N–H and O–H groups in total. The first-order valence-electron chi connectivity index (χ1n) is 14.4. The lowest BCUT2D eigenvalue weighted by molar-refractivity contribution is 0.625. The third-order valence-corrected chi connectivity index (χ3v) is 8.24. The van der Waals surface area contributed by atoms with Crippen LogP contribution in [0.15, 0.2) is 48.5 Å². The molecule has 0 fully saturated rings. The van der Waals surface area contributed by atoms with E-state index in [4.69, 9.17) is 0 Å². The lowest BCUT2D eigenvalue weighted by Gasteiger charge is -2.19. The Kier molecular flexibility index (Phi) is 7.59. The van der Waals surface area contributed by atoms with Gasteiger partial charge in [-0.3, -0.25) is 0 Å². The zero-order valence-corrected chi connectivity index (χ0v) is 22.6. The molecule has 0 saturated heterocycles. The van der Waals surface area contributed by atoms with Gasteiger partial charge in [0.15, 0.2) is 0 Å². The molecule has 5 heterocycles. The van der Waals surface area contributed by atoms with Gasteiger partial charge < -0.3 is 19.9 Å². The van der Waals surface area contributed by atoms with Gasteiger partial charge >= 0.3 is 0 Å². The molecule has 36 heavy (non-hydrogen) atoms. The largest absolute Gasteiger partial charge is 0.361 e. The summed E-state index contributed by atoms with van der Waals surface area (Å²) in [6.45, 7) is 9.17. The van der Waals surface area contributed by atoms with Crippen molar-refractivity contribution in [2.45, 2.75) is 103 Å². The molecule has 4 heteroatoms. The van der Waals surface area contributed by atoms with Gasteiger partial charge in [-0.2, -0.15) is 0 Å². The molecule has 0 atom stereocenters. The predicted molar refractivity (Wildman–Crippen MR) is 150 cm³/mol. The Bertz CT molecular complexity index is 967. The number of rotatable bonds is 8. The Hall–Kier alpha value is -2.88. The first-order chi connectivity index (χ1) is 17.7. The Labute approximate surface area is 216 Å². The summed E-state index contributed by atoms with van der Waals surface area (Å²) in [5.41, 5.74) is 10.7. The molecule has 1 aliphatic heterocycles. The Morgan fingerprint density at radius 1 is 0.361 bits per heavy atom. The normalized spacial score (nSPS) is 21.7. The van der Waals surface area contributed by atoms with Crippen LogP contribution in [-0.2, 0) is 0 Å². The van der Waals surface area contributed by atoms with Crippen LogP contribution >= 0.6 is 0 Å². The van der Waals surface area contributed by atoms with Gasteiger partial charge in [-0.1, -0.05) is 53.4 Å². The Morgan fingerprint density at radius 3 is 0.667 bits per heavy atom. The second-order valence-corrected chi connectivity index (χ2v) is 10.8. The molecule has 8 bridgehead atoms. The number of aromatic nitrogens is 4. The summed E-state index contributed by atoms with van der Waals surface area (Å²) in [7, 11) is 0. The van der Waals surface area contributed by atoms with Crippen LogP contribution in [0.25, 0.3) is 0 Å². The van der Waals surface area contributed by atoms with E-state index in [1.807, 2.05) is 0 Å². The van der Waals surface area contributed by atoms with E-state index in [9.17, 15) is 0 Å². The second kappa shape index (κ2) is 11.0. The molecule has 0 aromatic carbocycles. The van der Waals surface area contributed by atoms with Gasteiger partial charge in [0.25, 0.3) is 0 Å². The molecular weight excluding hydrogens is 440 g/mol. The highest BCUT2D eigenvalue weighted by Gasteiger charge is 2.26. The maximum atomic E-state index is 3.89. The molecule has 0 unspecified atom stereocenters. The van der Waals surface area contributed by atoms with Gasteiger partial charge in [-0.05, 0) is 74.2 Å². The third-order valence-electron chi connectivity index (χ3n) is 8.24. The molecule has 0 amide bonds. The maximum absolute atomic E-state index is 3.89. The van der Waals surface area contributed by atoms with Crippen molar-refractivity contribution in [1.82, 2.24) is 19.9 Å². The van der Waals surface area contributed by atoms with Crippen LogP contribution < -0.4 is 0 Å². The summed E-state index contributed by atoms with van der Waals surface area (Å²) in [4.78, 5) is 15.6. The predicted octanol–water partition coefficient (Wildman–Crippen LogP) is 9.04. The van der Waals surface area contributed by atoms with Crippen LogP contribution in [0.1, 0.15) is 148 Å². The van der Waals surface area contributed by atoms with E-state index < -0.39 is 0 Å². The highest BCUT2D eigenvalue weighted by molar-refractivity contribution is 5.37. The summed E-state index contributed by atoms with van der Waals surface area (Å²) < 4.78 is 0. The minimum Gasteiger partial charge on any atom is -0.361 e. The van der Waals surface area contributed by atoms with Gasteiger partial charge in [0.2, 0.25) is 0 Å². The van der Waals surface area contributed by atoms with Crippen LogP contribution in [-0.4, -0.2) is 19.9 Å². The molecule has 4 aromatic rings. The minimum atomic E-state index is 0.363. The van der Waals surface area contributed by atoms with Crippen molar-refractivity contribution in [2.24, 2.45) is 0 Å². The van der Waals surface area contributed by atoms with E-state index in [1.54, 1.807) is 0 Å². The van der Waals surface area contributed by atoms with E-state index in [2.05, 4.69) is 96.2 Å². The van der Waals surface area contributed by atoms with Crippen molar-refractivity contribution in [3.63, 3.8) is 0 Å². The van der Waals surface area contributed by atoms with Crippen molar-refractivity contribution >= 4 is 0 Å². The smallest absolute Gasteiger partial charge is 0.0391 e. The van der Waals surface area contributed by atoms with Gasteiger partial charge in [-0.25, -0.2) is 0 Å². The van der Waals surface area contributed by atoms with Crippen LogP contribution in [0.5, 0.6) is 0 Å². The van der Waals surface area contributed by atoms with Crippen LogP contribution in [0.3, 0.4) is 0 Å².